The summed E-state index contributed by atoms with van der Waals surface area (Å²) in [5.74, 6) is -6.20. The first-order valence-corrected chi connectivity index (χ1v) is 17.6. The molecule has 1 amide bonds. The predicted molar refractivity (Wildman–Crippen MR) is 198 cm³/mol. The molecule has 3 aliphatic heterocycles. The van der Waals surface area contributed by atoms with Gasteiger partial charge in [-0.2, -0.15) is 0 Å². The number of allylic oxidation sites excluding steroid dienone is 4. The Kier molecular flexibility index (Phi) is 13.1. The van der Waals surface area contributed by atoms with Crippen LogP contribution >= 0.6 is 0 Å². The number of benzene rings is 1. The second-order valence-electron chi connectivity index (χ2n) is 14.0. The van der Waals surface area contributed by atoms with E-state index in [1.807, 2.05) is 0 Å². The van der Waals surface area contributed by atoms with Crippen LogP contribution < -0.4 is 10.1 Å². The first-order chi connectivity index (χ1) is 25.4. The highest BCUT2D eigenvalue weighted by Crippen LogP contribution is 2.48. The van der Waals surface area contributed by atoms with Crippen molar-refractivity contribution >= 4 is 29.1 Å². The Morgan fingerprint density at radius 3 is 2.20 bits per heavy atom. The Morgan fingerprint density at radius 1 is 0.926 bits per heavy atom. The van der Waals surface area contributed by atoms with Crippen LogP contribution in [-0.4, -0.2) is 95.9 Å². The van der Waals surface area contributed by atoms with Gasteiger partial charge < -0.3 is 49.3 Å². The number of aliphatic hydroxyl groups is 2. The van der Waals surface area contributed by atoms with E-state index in [1.165, 1.54) is 46.7 Å². The summed E-state index contributed by atoms with van der Waals surface area (Å²) in [7, 11) is 4.10. The number of hydrogen-bond acceptors (Lipinski definition) is 14. The Labute approximate surface area is 314 Å². The van der Waals surface area contributed by atoms with E-state index >= 15 is 0 Å². The van der Waals surface area contributed by atoms with Crippen LogP contribution in [0.2, 0.25) is 0 Å². The third-order valence-electron chi connectivity index (χ3n) is 10.2. The second-order valence-corrected chi connectivity index (χ2v) is 14.0. The summed E-state index contributed by atoms with van der Waals surface area (Å²) in [6.07, 6.45) is 5.32. The first-order valence-electron chi connectivity index (χ1n) is 17.6. The van der Waals surface area contributed by atoms with Gasteiger partial charge in [-0.25, -0.2) is 0 Å². The number of oxime groups is 2. The third-order valence-corrected chi connectivity index (χ3v) is 10.2. The molecule has 54 heavy (non-hydrogen) atoms. The molecule has 5 rings (SSSR count). The largest absolute Gasteiger partial charge is 0.507 e. The smallest absolute Gasteiger partial charge is 0.302 e. The molecule has 4 aliphatic rings. The molecular formula is C39H51N3O12. The Hall–Kier alpha value is -4.99. The number of rotatable bonds is 4. The molecule has 0 aromatic heterocycles. The van der Waals surface area contributed by atoms with Crippen LogP contribution in [0.5, 0.6) is 11.5 Å². The minimum absolute atomic E-state index is 0.0650. The Balaban J connectivity index is 1.93. The number of fused-ring (bicyclic) bond motifs is 14. The lowest BCUT2D eigenvalue weighted by Crippen LogP contribution is -2.46. The number of ketones is 1. The van der Waals surface area contributed by atoms with Gasteiger partial charge in [-0.15, -0.1) is 0 Å². The summed E-state index contributed by atoms with van der Waals surface area (Å²) in [6, 6.07) is 0. The topological polar surface area (TPSA) is 204 Å². The van der Waals surface area contributed by atoms with Gasteiger partial charge in [0.2, 0.25) is 5.78 Å². The number of nitrogens with one attached hydrogen (secondary N) is 1. The quantitative estimate of drug-likeness (QED) is 0.255. The van der Waals surface area contributed by atoms with Gasteiger partial charge in [-0.1, -0.05) is 56.2 Å². The minimum Gasteiger partial charge on any atom is -0.507 e. The number of phenols is 1. The van der Waals surface area contributed by atoms with Crippen molar-refractivity contribution in [3.63, 3.8) is 0 Å². The minimum atomic E-state index is -1.70. The van der Waals surface area contributed by atoms with Crippen LogP contribution in [0.25, 0.3) is 0 Å². The van der Waals surface area contributed by atoms with E-state index in [0.717, 1.165) is 0 Å². The molecule has 1 aliphatic carbocycles. The van der Waals surface area contributed by atoms with Gasteiger partial charge in [0.1, 0.15) is 37.5 Å². The second kappa shape index (κ2) is 17.0. The molecule has 4 N–H and O–H groups in total. The van der Waals surface area contributed by atoms with Gasteiger partial charge in [-0.05, 0) is 26.0 Å². The summed E-state index contributed by atoms with van der Waals surface area (Å²) in [5.41, 5.74) is 0.534. The highest BCUT2D eigenvalue weighted by molar-refractivity contribution is 6.32. The van der Waals surface area contributed by atoms with Gasteiger partial charge in [0.25, 0.3) is 11.7 Å². The number of Topliss-reactive ketones (excluding diaryl/α,β-unsaturated/α-hetero) is 1. The molecule has 0 saturated carbocycles. The maximum absolute atomic E-state index is 14.1. The van der Waals surface area contributed by atoms with Crippen molar-refractivity contribution in [3.8, 4) is 11.5 Å². The van der Waals surface area contributed by atoms with Crippen molar-refractivity contribution in [2.45, 2.75) is 85.6 Å². The molecular weight excluding hydrogens is 702 g/mol. The number of phenolic OH excluding ortho intramolecular Hbond substituents is 1. The molecule has 0 spiro atoms. The van der Waals surface area contributed by atoms with Crippen LogP contribution in [-0.2, 0) is 33.5 Å². The Morgan fingerprint density at radius 2 is 1.59 bits per heavy atom. The Bertz CT molecular complexity index is 1830. The summed E-state index contributed by atoms with van der Waals surface area (Å²) >= 11 is 0. The summed E-state index contributed by atoms with van der Waals surface area (Å²) in [4.78, 5) is 50.1. The van der Waals surface area contributed by atoms with E-state index in [-0.39, 0.29) is 50.7 Å². The average Bonchev–Trinajstić information content (AvgIpc) is 3.42. The number of aromatic hydroxyl groups is 1. The average molecular weight is 754 g/mol. The van der Waals surface area contributed by atoms with Gasteiger partial charge in [-0.3, -0.25) is 14.4 Å². The third kappa shape index (κ3) is 8.08. The van der Waals surface area contributed by atoms with E-state index in [9.17, 15) is 29.7 Å². The number of methoxy groups -OCH3 is 1. The molecule has 1 aromatic carbocycles. The molecule has 0 radical (unpaired) electrons. The fraction of sp³-hybridized carbons (Fsp3) is 0.513. The van der Waals surface area contributed by atoms with Crippen LogP contribution in [0.4, 0.5) is 0 Å². The standard InChI is InChI=1S/C39H51N3O12/c1-18-13-12-14-19(2)38(48)40-26-17-25(41-50-10)28-29(34(26)47)33(46)23(6)36-30(28)37(42-51-11)39(8,54-36)52-16-15-27(49-9)20(3)35(53-24(7)43)22(5)32(45)21(4)31(18)44/h12-18,20-22,27,31-32,35,44-46H,1-11H3,(H,40,48)/t18-,20+,21+,22+,27-,31-,32+,35+,39-/m0/s1. The lowest BCUT2D eigenvalue weighted by molar-refractivity contribution is -0.160. The van der Waals surface area contributed by atoms with Crippen molar-refractivity contribution in [1.82, 2.24) is 5.32 Å². The normalized spacial score (nSPS) is 32.0. The molecule has 9 atom stereocenters. The summed E-state index contributed by atoms with van der Waals surface area (Å²) < 4.78 is 24.1. The molecule has 0 fully saturated rings. The molecule has 0 unspecified atom stereocenters. The molecule has 1 aromatic rings. The molecule has 0 saturated heterocycles. The monoisotopic (exact) mass is 753 g/mol. The number of nitrogens with zero attached hydrogens (tertiary/aromatic N) is 2. The summed E-state index contributed by atoms with van der Waals surface area (Å²) in [6.45, 7) is 12.9. The molecule has 294 valence electrons. The highest BCUT2D eigenvalue weighted by Gasteiger charge is 2.50. The molecule has 15 nitrogen and oxygen atoms in total. The van der Waals surface area contributed by atoms with Crippen molar-refractivity contribution in [2.75, 3.05) is 21.3 Å². The maximum atomic E-state index is 14.1. The first kappa shape index (κ1) is 41.8. The maximum Gasteiger partial charge on any atom is 0.302 e. The zero-order valence-corrected chi connectivity index (χ0v) is 32.5. The van der Waals surface area contributed by atoms with Crippen molar-refractivity contribution < 1.29 is 58.3 Å². The van der Waals surface area contributed by atoms with E-state index in [4.69, 9.17) is 28.6 Å². The number of carbonyl (C=O) groups excluding carboxylic acids is 3. The summed E-state index contributed by atoms with van der Waals surface area (Å²) in [5, 5.41) is 45.2. The van der Waals surface area contributed by atoms with Crippen LogP contribution in [0.15, 0.2) is 58.2 Å². The van der Waals surface area contributed by atoms with Gasteiger partial charge in [0.05, 0.1) is 41.4 Å². The lowest BCUT2D eigenvalue weighted by atomic mass is 9.78. The zero-order chi connectivity index (χ0) is 40.2. The molecule has 5 bridgehead atoms. The fourth-order valence-corrected chi connectivity index (χ4v) is 7.04. The van der Waals surface area contributed by atoms with Crippen LogP contribution in [0.1, 0.15) is 75.5 Å². The van der Waals surface area contributed by atoms with Gasteiger partial charge >= 0.3 is 5.97 Å². The van der Waals surface area contributed by atoms with Gasteiger partial charge in [0, 0.05) is 61.3 Å². The molecule has 15 heteroatoms. The van der Waals surface area contributed by atoms with E-state index < -0.39 is 77.3 Å². The van der Waals surface area contributed by atoms with Crippen molar-refractivity contribution in [2.24, 2.45) is 34.0 Å². The van der Waals surface area contributed by atoms with E-state index in [1.54, 1.807) is 66.7 Å². The molecule has 3 heterocycles. The fourth-order valence-electron chi connectivity index (χ4n) is 7.04. The number of carbonyl (C=O) groups is 3. The highest BCUT2D eigenvalue weighted by atomic mass is 16.7. The van der Waals surface area contributed by atoms with Crippen LogP contribution in [0.3, 0.4) is 0 Å². The van der Waals surface area contributed by atoms with E-state index in [2.05, 4.69) is 15.6 Å². The lowest BCUT2D eigenvalue weighted by Gasteiger charge is -2.38. The SMILES string of the molecule is CON=C1C=C2NC(=O)C(C)=CC=C[C@H](C)[C@H](O)[C@@H](C)[C@@H](O)[C@@H](C)[C@H](OC(C)=O)[C@H](C)[C@@H](OC)C=CO[C@@]3(C)Oc4c(C)c(O)c(c1c4C3=NOC)C2=O. The van der Waals surface area contributed by atoms with Crippen molar-refractivity contribution in [3.05, 3.63) is 70.2 Å². The number of amides is 1. The van der Waals surface area contributed by atoms with E-state index in [0.29, 0.717) is 0 Å². The number of esters is 1. The number of hydrogen-bond donors (Lipinski definition) is 4. The number of aliphatic hydroxyl groups excluding tert-OH is 2. The van der Waals surface area contributed by atoms with Crippen molar-refractivity contribution in [1.29, 1.82) is 0 Å². The predicted octanol–water partition coefficient (Wildman–Crippen LogP) is 3.97. The zero-order valence-electron chi connectivity index (χ0n) is 32.5. The van der Waals surface area contributed by atoms with Gasteiger partial charge in [0.15, 0.2) is 5.71 Å². The van der Waals surface area contributed by atoms with Crippen LogP contribution in [0, 0.1) is 30.6 Å². The number of ether oxygens (including phenoxy) is 4.